The average Bonchev–Trinajstić information content (AvgIpc) is 2.56. The average molecular weight is 393 g/mol. The fraction of sp³-hybridized carbons (Fsp3) is 0.833. The van der Waals surface area contributed by atoms with Gasteiger partial charge in [-0.2, -0.15) is 0 Å². The quantitative estimate of drug-likeness (QED) is 0.403. The smallest absolute Gasteiger partial charge is 0.303 e. The van der Waals surface area contributed by atoms with Gasteiger partial charge in [-0.3, -0.25) is 9.59 Å². The van der Waals surface area contributed by atoms with Gasteiger partial charge in [-0.05, 0) is 81.5 Å². The lowest BCUT2D eigenvalue weighted by molar-refractivity contribution is -0.154. The Morgan fingerprint density at radius 2 is 1.82 bits per heavy atom. The first kappa shape index (κ1) is 23.0. The van der Waals surface area contributed by atoms with Crippen LogP contribution in [0.1, 0.15) is 93.4 Å². The molecule has 1 saturated carbocycles. The molecule has 0 aromatic rings. The molecule has 0 amide bonds. The normalized spacial score (nSPS) is 32.9. The van der Waals surface area contributed by atoms with E-state index in [9.17, 15) is 9.59 Å². The maximum Gasteiger partial charge on any atom is 0.303 e. The largest absolute Gasteiger partial charge is 0.466 e. The predicted octanol–water partition coefficient (Wildman–Crippen LogP) is 5.84. The molecule has 0 aromatic heterocycles. The van der Waals surface area contributed by atoms with E-state index in [1.54, 1.807) is 5.57 Å². The van der Waals surface area contributed by atoms with Crippen molar-refractivity contribution in [2.75, 3.05) is 6.61 Å². The standard InChI is InChI=1S/C24H40O4/c1-17-10-11-20-21(9-8-12-23(20,6)15-16-27-18(2)25)24(17,7)14-13-22(4,5)28-19(3)26/h9,17,20H,8,10-16H2,1-7H3/t17-,20+,23-,24+/m1/s1. The van der Waals surface area contributed by atoms with E-state index in [-0.39, 0.29) is 22.8 Å². The van der Waals surface area contributed by atoms with Crippen LogP contribution in [0.5, 0.6) is 0 Å². The lowest BCUT2D eigenvalue weighted by Gasteiger charge is -2.54. The van der Waals surface area contributed by atoms with Gasteiger partial charge in [0.15, 0.2) is 0 Å². The van der Waals surface area contributed by atoms with Crippen LogP contribution in [0.3, 0.4) is 0 Å². The summed E-state index contributed by atoms with van der Waals surface area (Å²) in [4.78, 5) is 22.7. The molecule has 0 spiro atoms. The molecule has 0 saturated heterocycles. The van der Waals surface area contributed by atoms with E-state index in [1.807, 2.05) is 13.8 Å². The Balaban J connectivity index is 2.18. The topological polar surface area (TPSA) is 52.6 Å². The molecule has 0 N–H and O–H groups in total. The van der Waals surface area contributed by atoms with Gasteiger partial charge in [-0.25, -0.2) is 0 Å². The van der Waals surface area contributed by atoms with Gasteiger partial charge < -0.3 is 9.47 Å². The van der Waals surface area contributed by atoms with E-state index in [4.69, 9.17) is 9.47 Å². The van der Waals surface area contributed by atoms with Crippen molar-refractivity contribution in [2.24, 2.45) is 22.7 Å². The maximum absolute atomic E-state index is 11.4. The summed E-state index contributed by atoms with van der Waals surface area (Å²) in [6.45, 7) is 14.7. The molecule has 0 aromatic carbocycles. The van der Waals surface area contributed by atoms with Crippen molar-refractivity contribution in [3.8, 4) is 0 Å². The Bertz CT molecular complexity index is 620. The summed E-state index contributed by atoms with van der Waals surface area (Å²) >= 11 is 0. The van der Waals surface area contributed by atoms with Crippen LogP contribution in [0, 0.1) is 22.7 Å². The highest BCUT2D eigenvalue weighted by atomic mass is 16.6. The highest BCUT2D eigenvalue weighted by Crippen LogP contribution is 2.59. The van der Waals surface area contributed by atoms with Gasteiger partial charge in [-0.15, -0.1) is 0 Å². The minimum absolute atomic E-state index is 0.128. The van der Waals surface area contributed by atoms with Crippen LogP contribution in [-0.2, 0) is 19.1 Å². The monoisotopic (exact) mass is 392 g/mol. The molecule has 0 heterocycles. The summed E-state index contributed by atoms with van der Waals surface area (Å²) in [6, 6.07) is 0. The number of carbonyl (C=O) groups excluding carboxylic acids is 2. The van der Waals surface area contributed by atoms with Crippen LogP contribution in [-0.4, -0.2) is 24.1 Å². The summed E-state index contributed by atoms with van der Waals surface area (Å²) in [7, 11) is 0. The minimum Gasteiger partial charge on any atom is -0.466 e. The van der Waals surface area contributed by atoms with Crippen molar-refractivity contribution in [3.05, 3.63) is 11.6 Å². The van der Waals surface area contributed by atoms with E-state index in [0.717, 1.165) is 32.1 Å². The summed E-state index contributed by atoms with van der Waals surface area (Å²) in [6.07, 6.45) is 10.00. The van der Waals surface area contributed by atoms with E-state index >= 15 is 0 Å². The van der Waals surface area contributed by atoms with Crippen molar-refractivity contribution >= 4 is 11.9 Å². The Morgan fingerprint density at radius 3 is 2.43 bits per heavy atom. The molecule has 4 atom stereocenters. The number of carbonyl (C=O) groups is 2. The van der Waals surface area contributed by atoms with Gasteiger partial charge in [0.05, 0.1) is 6.61 Å². The predicted molar refractivity (Wildman–Crippen MR) is 112 cm³/mol. The molecule has 4 heteroatoms. The van der Waals surface area contributed by atoms with Crippen LogP contribution in [0.25, 0.3) is 0 Å². The van der Waals surface area contributed by atoms with Gasteiger partial charge in [0.25, 0.3) is 0 Å². The van der Waals surface area contributed by atoms with Crippen LogP contribution >= 0.6 is 0 Å². The summed E-state index contributed by atoms with van der Waals surface area (Å²) < 4.78 is 10.8. The molecule has 0 unspecified atom stereocenters. The summed E-state index contributed by atoms with van der Waals surface area (Å²) in [5.74, 6) is 0.762. The second-order valence-corrected chi connectivity index (χ2v) is 10.2. The first-order valence-electron chi connectivity index (χ1n) is 10.9. The molecular weight excluding hydrogens is 352 g/mol. The molecule has 160 valence electrons. The Kier molecular flexibility index (Phi) is 7.04. The number of rotatable bonds is 7. The molecule has 1 fully saturated rings. The first-order valence-corrected chi connectivity index (χ1v) is 10.9. The molecule has 0 aliphatic heterocycles. The number of hydrogen-bond acceptors (Lipinski definition) is 4. The fourth-order valence-electron chi connectivity index (χ4n) is 5.52. The number of hydrogen-bond donors (Lipinski definition) is 0. The molecule has 0 radical (unpaired) electrons. The van der Waals surface area contributed by atoms with Gasteiger partial charge in [0.2, 0.25) is 0 Å². The van der Waals surface area contributed by atoms with Crippen LogP contribution < -0.4 is 0 Å². The van der Waals surface area contributed by atoms with Gasteiger partial charge >= 0.3 is 11.9 Å². The second-order valence-electron chi connectivity index (χ2n) is 10.2. The third-order valence-electron chi connectivity index (χ3n) is 7.58. The van der Waals surface area contributed by atoms with Crippen molar-refractivity contribution in [1.82, 2.24) is 0 Å². The highest BCUT2D eigenvalue weighted by Gasteiger charge is 2.49. The molecular formula is C24H40O4. The molecule has 2 rings (SSSR count). The van der Waals surface area contributed by atoms with Crippen molar-refractivity contribution in [1.29, 1.82) is 0 Å². The SMILES string of the molecule is CC(=O)OCC[C@@]1(C)CCC=C2[C@@H]1CC[C@@H](C)[C@]2(C)CCC(C)(C)OC(C)=O. The minimum atomic E-state index is -0.435. The van der Waals surface area contributed by atoms with E-state index < -0.39 is 5.60 Å². The van der Waals surface area contributed by atoms with E-state index in [0.29, 0.717) is 18.4 Å². The number of fused-ring (bicyclic) bond motifs is 1. The molecule has 28 heavy (non-hydrogen) atoms. The van der Waals surface area contributed by atoms with Crippen LogP contribution in [0.4, 0.5) is 0 Å². The second kappa shape index (κ2) is 8.59. The summed E-state index contributed by atoms with van der Waals surface area (Å²) in [5, 5.41) is 0. The van der Waals surface area contributed by atoms with Gasteiger partial charge in [-0.1, -0.05) is 32.4 Å². The fourth-order valence-corrected chi connectivity index (χ4v) is 5.52. The number of ether oxygens (including phenoxy) is 2. The zero-order chi connectivity index (χ0) is 21.2. The third-order valence-corrected chi connectivity index (χ3v) is 7.58. The zero-order valence-electron chi connectivity index (χ0n) is 19.0. The zero-order valence-corrected chi connectivity index (χ0v) is 19.0. The van der Waals surface area contributed by atoms with Crippen molar-refractivity contribution in [3.63, 3.8) is 0 Å². The lowest BCUT2D eigenvalue weighted by atomic mass is 9.51. The van der Waals surface area contributed by atoms with Crippen molar-refractivity contribution < 1.29 is 19.1 Å². The maximum atomic E-state index is 11.4. The van der Waals surface area contributed by atoms with E-state index in [2.05, 4.69) is 26.8 Å². The highest BCUT2D eigenvalue weighted by molar-refractivity contribution is 5.66. The molecule has 2 aliphatic rings. The van der Waals surface area contributed by atoms with E-state index in [1.165, 1.54) is 26.7 Å². The summed E-state index contributed by atoms with van der Waals surface area (Å²) in [5.41, 5.74) is 1.48. The van der Waals surface area contributed by atoms with Crippen molar-refractivity contribution in [2.45, 2.75) is 99.0 Å². The molecule has 4 nitrogen and oxygen atoms in total. The van der Waals surface area contributed by atoms with Crippen LogP contribution in [0.2, 0.25) is 0 Å². The number of esters is 2. The Morgan fingerprint density at radius 1 is 1.14 bits per heavy atom. The molecule has 2 aliphatic carbocycles. The Hall–Kier alpha value is -1.32. The molecule has 0 bridgehead atoms. The third kappa shape index (κ3) is 5.18. The first-order chi connectivity index (χ1) is 12.9. The van der Waals surface area contributed by atoms with Gasteiger partial charge in [0, 0.05) is 13.8 Å². The van der Waals surface area contributed by atoms with Gasteiger partial charge in [0.1, 0.15) is 5.60 Å². The number of allylic oxidation sites excluding steroid dienone is 2. The van der Waals surface area contributed by atoms with Crippen LogP contribution in [0.15, 0.2) is 11.6 Å². The Labute approximate surface area is 171 Å². The lowest BCUT2D eigenvalue weighted by Crippen LogP contribution is -2.45.